The van der Waals surface area contributed by atoms with E-state index in [4.69, 9.17) is 9.47 Å². The van der Waals surface area contributed by atoms with Gasteiger partial charge in [-0.3, -0.25) is 4.90 Å². The highest BCUT2D eigenvalue weighted by atomic mass is 16.5. The van der Waals surface area contributed by atoms with Crippen LogP contribution in [0.15, 0.2) is 0 Å². The summed E-state index contributed by atoms with van der Waals surface area (Å²) in [6.07, 6.45) is 2.66. The highest BCUT2D eigenvalue weighted by Gasteiger charge is 2.38. The van der Waals surface area contributed by atoms with Crippen molar-refractivity contribution in [3.8, 4) is 0 Å². The van der Waals surface area contributed by atoms with Gasteiger partial charge in [-0.1, -0.05) is 0 Å². The molecule has 0 bridgehead atoms. The van der Waals surface area contributed by atoms with Crippen LogP contribution in [0.1, 0.15) is 33.6 Å². The molecule has 0 aromatic carbocycles. The summed E-state index contributed by atoms with van der Waals surface area (Å²) in [5.41, 5.74) is 0.351. The fraction of sp³-hybridized carbons (Fsp3) is 1.00. The minimum atomic E-state index is -0.0241. The molecule has 0 radical (unpaired) electrons. The van der Waals surface area contributed by atoms with E-state index in [0.717, 1.165) is 39.4 Å². The molecule has 2 rings (SSSR count). The van der Waals surface area contributed by atoms with Crippen LogP contribution < -0.4 is 5.32 Å². The summed E-state index contributed by atoms with van der Waals surface area (Å²) in [7, 11) is 2.06. The molecule has 2 heterocycles. The van der Waals surface area contributed by atoms with Gasteiger partial charge in [0.2, 0.25) is 0 Å². The monoisotopic (exact) mass is 270 g/mol. The lowest BCUT2D eigenvalue weighted by atomic mass is 9.79. The van der Waals surface area contributed by atoms with Gasteiger partial charge in [0.25, 0.3) is 0 Å². The summed E-state index contributed by atoms with van der Waals surface area (Å²) >= 11 is 0. The summed E-state index contributed by atoms with van der Waals surface area (Å²) in [6, 6.07) is 0. The van der Waals surface area contributed by atoms with Crippen LogP contribution in [-0.2, 0) is 9.47 Å². The lowest BCUT2D eigenvalue weighted by Crippen LogP contribution is -2.56. The van der Waals surface area contributed by atoms with Gasteiger partial charge >= 0.3 is 0 Å². The second-order valence-electron chi connectivity index (χ2n) is 7.00. The van der Waals surface area contributed by atoms with Crippen LogP contribution in [0.2, 0.25) is 0 Å². The van der Waals surface area contributed by atoms with Crippen molar-refractivity contribution < 1.29 is 9.47 Å². The first kappa shape index (κ1) is 15.2. The number of hydrogen-bond donors (Lipinski definition) is 1. The zero-order valence-electron chi connectivity index (χ0n) is 13.0. The van der Waals surface area contributed by atoms with Gasteiger partial charge in [-0.15, -0.1) is 0 Å². The quantitative estimate of drug-likeness (QED) is 0.839. The maximum absolute atomic E-state index is 6.00. The highest BCUT2D eigenvalue weighted by molar-refractivity contribution is 4.91. The van der Waals surface area contributed by atoms with E-state index in [2.05, 4.69) is 38.0 Å². The van der Waals surface area contributed by atoms with Crippen LogP contribution in [0.3, 0.4) is 0 Å². The maximum Gasteiger partial charge on any atom is 0.0757 e. The Morgan fingerprint density at radius 3 is 2.53 bits per heavy atom. The van der Waals surface area contributed by atoms with Crippen molar-refractivity contribution in [2.24, 2.45) is 5.41 Å². The van der Waals surface area contributed by atoms with Gasteiger partial charge in [0.05, 0.1) is 11.7 Å². The van der Waals surface area contributed by atoms with E-state index in [0.29, 0.717) is 11.5 Å². The molecule has 1 atom stereocenters. The van der Waals surface area contributed by atoms with Crippen molar-refractivity contribution in [1.82, 2.24) is 10.2 Å². The minimum absolute atomic E-state index is 0.0241. The average Bonchev–Trinajstić information content (AvgIpc) is 2.27. The molecule has 1 N–H and O–H groups in total. The van der Waals surface area contributed by atoms with Crippen molar-refractivity contribution in [2.75, 3.05) is 46.4 Å². The van der Waals surface area contributed by atoms with E-state index in [1.807, 2.05) is 0 Å². The Morgan fingerprint density at radius 1 is 1.26 bits per heavy atom. The number of nitrogens with zero attached hydrogens (tertiary/aromatic N) is 1. The molecule has 0 aliphatic carbocycles. The Kier molecular flexibility index (Phi) is 4.88. The van der Waals surface area contributed by atoms with Crippen molar-refractivity contribution >= 4 is 0 Å². The molecule has 0 aromatic rings. The van der Waals surface area contributed by atoms with Crippen LogP contribution in [0, 0.1) is 5.41 Å². The molecule has 4 nitrogen and oxygen atoms in total. The molecule has 2 saturated heterocycles. The fourth-order valence-electron chi connectivity index (χ4n) is 3.75. The molecule has 0 spiro atoms. The molecular formula is C15H30N2O2. The number of morpholine rings is 1. The summed E-state index contributed by atoms with van der Waals surface area (Å²) in [5.74, 6) is 0. The van der Waals surface area contributed by atoms with Gasteiger partial charge in [0, 0.05) is 39.4 Å². The molecule has 19 heavy (non-hydrogen) atoms. The fourth-order valence-corrected chi connectivity index (χ4v) is 3.75. The van der Waals surface area contributed by atoms with Gasteiger partial charge in [0.1, 0.15) is 0 Å². The first-order valence-electron chi connectivity index (χ1n) is 7.57. The highest BCUT2D eigenvalue weighted by Crippen LogP contribution is 2.33. The Bertz CT molecular complexity index is 282. The van der Waals surface area contributed by atoms with Crippen LogP contribution in [-0.4, -0.2) is 63.0 Å². The Balaban J connectivity index is 2.00. The second kappa shape index (κ2) is 6.08. The third-order valence-electron chi connectivity index (χ3n) is 4.30. The molecule has 1 unspecified atom stereocenters. The largest absolute Gasteiger partial charge is 0.381 e. The molecule has 0 aromatic heterocycles. The van der Waals surface area contributed by atoms with E-state index in [1.54, 1.807) is 0 Å². The summed E-state index contributed by atoms with van der Waals surface area (Å²) in [4.78, 5) is 2.59. The van der Waals surface area contributed by atoms with E-state index in [-0.39, 0.29) is 5.60 Å². The zero-order chi connectivity index (χ0) is 13.9. The summed E-state index contributed by atoms with van der Waals surface area (Å²) in [5, 5.41) is 3.39. The van der Waals surface area contributed by atoms with Crippen LogP contribution in [0.5, 0.6) is 0 Å². The normalized spacial score (nSPS) is 31.3. The molecular weight excluding hydrogens is 240 g/mol. The Labute approximate surface area is 117 Å². The number of hydrogen-bond acceptors (Lipinski definition) is 4. The van der Waals surface area contributed by atoms with E-state index in [1.165, 1.54) is 12.8 Å². The smallest absolute Gasteiger partial charge is 0.0757 e. The maximum atomic E-state index is 6.00. The van der Waals surface area contributed by atoms with E-state index in [9.17, 15) is 0 Å². The zero-order valence-corrected chi connectivity index (χ0v) is 13.0. The molecule has 0 saturated carbocycles. The number of rotatable bonds is 4. The van der Waals surface area contributed by atoms with Crippen LogP contribution >= 0.6 is 0 Å². The first-order valence-corrected chi connectivity index (χ1v) is 7.57. The van der Waals surface area contributed by atoms with Crippen molar-refractivity contribution in [3.63, 3.8) is 0 Å². The lowest BCUT2D eigenvalue weighted by Gasteiger charge is -2.47. The molecule has 0 amide bonds. The molecule has 112 valence electrons. The van der Waals surface area contributed by atoms with Crippen molar-refractivity contribution in [2.45, 2.75) is 45.3 Å². The number of ether oxygens (including phenoxy) is 2. The van der Waals surface area contributed by atoms with E-state index < -0.39 is 0 Å². The second-order valence-corrected chi connectivity index (χ2v) is 7.00. The predicted octanol–water partition coefficient (Wildman–Crippen LogP) is 1.50. The SMILES string of the molecule is CNCC1(CN2CC(C)OC(C)(C)C2)CCOCC1. The minimum Gasteiger partial charge on any atom is -0.381 e. The van der Waals surface area contributed by atoms with Gasteiger partial charge < -0.3 is 14.8 Å². The topological polar surface area (TPSA) is 33.7 Å². The summed E-state index contributed by atoms with van der Waals surface area (Å²) in [6.45, 7) is 12.7. The predicted molar refractivity (Wildman–Crippen MR) is 77.5 cm³/mol. The lowest BCUT2D eigenvalue weighted by molar-refractivity contribution is -0.139. The first-order chi connectivity index (χ1) is 8.95. The van der Waals surface area contributed by atoms with Crippen molar-refractivity contribution in [1.29, 1.82) is 0 Å². The third-order valence-corrected chi connectivity index (χ3v) is 4.30. The van der Waals surface area contributed by atoms with Crippen LogP contribution in [0.4, 0.5) is 0 Å². The molecule has 2 aliphatic heterocycles. The third kappa shape index (κ3) is 4.15. The van der Waals surface area contributed by atoms with E-state index >= 15 is 0 Å². The summed E-state index contributed by atoms with van der Waals surface area (Å²) < 4.78 is 11.6. The molecule has 2 aliphatic rings. The van der Waals surface area contributed by atoms with Crippen molar-refractivity contribution in [3.05, 3.63) is 0 Å². The van der Waals surface area contributed by atoms with Crippen LogP contribution in [0.25, 0.3) is 0 Å². The standard InChI is InChI=1S/C15H30N2O2/c1-13-9-17(11-14(2,3)19-13)12-15(10-16-4)5-7-18-8-6-15/h13,16H,5-12H2,1-4H3. The Morgan fingerprint density at radius 2 is 1.95 bits per heavy atom. The van der Waals surface area contributed by atoms with Gasteiger partial charge in [0.15, 0.2) is 0 Å². The molecule has 4 heteroatoms. The van der Waals surface area contributed by atoms with Gasteiger partial charge in [-0.2, -0.15) is 0 Å². The van der Waals surface area contributed by atoms with Gasteiger partial charge in [-0.25, -0.2) is 0 Å². The Hall–Kier alpha value is -0.160. The number of nitrogens with one attached hydrogen (secondary N) is 1. The van der Waals surface area contributed by atoms with Gasteiger partial charge in [-0.05, 0) is 46.1 Å². The average molecular weight is 270 g/mol. The molecule has 2 fully saturated rings.